The predicted octanol–water partition coefficient (Wildman–Crippen LogP) is 3.95. The van der Waals surface area contributed by atoms with Gasteiger partial charge in [0.2, 0.25) is 10.0 Å². The van der Waals surface area contributed by atoms with Crippen molar-refractivity contribution in [3.05, 3.63) is 28.2 Å². The number of halogens is 2. The van der Waals surface area contributed by atoms with E-state index in [1.807, 2.05) is 13.2 Å². The Morgan fingerprint density at radius 1 is 1.45 bits per heavy atom. The number of hydrogen-bond acceptors (Lipinski definition) is 3. The first-order valence-electron chi connectivity index (χ1n) is 6.19. The summed E-state index contributed by atoms with van der Waals surface area (Å²) in [6.45, 7) is 2.00. The monoisotopic (exact) mass is 399 g/mol. The van der Waals surface area contributed by atoms with Gasteiger partial charge in [0.1, 0.15) is 0 Å². The molecule has 0 amide bonds. The first-order chi connectivity index (χ1) is 9.38. The van der Waals surface area contributed by atoms with Gasteiger partial charge in [-0.2, -0.15) is 16.1 Å². The molecule has 0 saturated heterocycles. The highest BCUT2D eigenvalue weighted by atomic mass is 79.9. The lowest BCUT2D eigenvalue weighted by atomic mass is 10.2. The normalized spacial score (nSPS) is 13.7. The Balaban J connectivity index is 3.15. The Labute approximate surface area is 139 Å². The minimum absolute atomic E-state index is 0.00500. The summed E-state index contributed by atoms with van der Waals surface area (Å²) >= 11 is 10.7. The summed E-state index contributed by atoms with van der Waals surface area (Å²) < 4.78 is 27.4. The van der Waals surface area contributed by atoms with Crippen molar-refractivity contribution >= 4 is 49.3 Å². The Morgan fingerprint density at radius 2 is 2.10 bits per heavy atom. The van der Waals surface area contributed by atoms with Gasteiger partial charge < -0.3 is 0 Å². The molecule has 0 aliphatic carbocycles. The maximum Gasteiger partial charge on any atom is 0.244 e. The van der Waals surface area contributed by atoms with Gasteiger partial charge in [0.15, 0.2) is 0 Å². The number of sulfonamides is 1. The Hall–Kier alpha value is 0.250. The Bertz CT molecular complexity index is 551. The largest absolute Gasteiger partial charge is 0.244 e. The molecule has 0 aliphatic rings. The van der Waals surface area contributed by atoms with Crippen LogP contribution >= 0.6 is 39.3 Å². The van der Waals surface area contributed by atoms with Crippen molar-refractivity contribution < 1.29 is 8.42 Å². The molecule has 1 rings (SSSR count). The molecule has 3 nitrogen and oxygen atoms in total. The van der Waals surface area contributed by atoms with Crippen LogP contribution < -0.4 is 0 Å². The Kier molecular flexibility index (Phi) is 7.35. The number of benzene rings is 1. The highest BCUT2D eigenvalue weighted by Crippen LogP contribution is 2.28. The Morgan fingerprint density at radius 3 is 2.55 bits per heavy atom. The van der Waals surface area contributed by atoms with Gasteiger partial charge in [0, 0.05) is 29.2 Å². The molecule has 0 bridgehead atoms. The van der Waals surface area contributed by atoms with Crippen LogP contribution in [0.15, 0.2) is 27.6 Å². The summed E-state index contributed by atoms with van der Waals surface area (Å²) in [6.07, 6.45) is 2.77. The summed E-state index contributed by atoms with van der Waals surface area (Å²) in [6, 6.07) is 5.10. The fourth-order valence-corrected chi connectivity index (χ4v) is 5.48. The molecule has 7 heteroatoms. The van der Waals surface area contributed by atoms with Crippen LogP contribution in [-0.4, -0.2) is 37.8 Å². The smallest absolute Gasteiger partial charge is 0.207 e. The topological polar surface area (TPSA) is 37.4 Å². The number of hydrogen-bond donors (Lipinski definition) is 0. The van der Waals surface area contributed by atoms with Crippen LogP contribution in [0.1, 0.15) is 18.9 Å². The molecule has 0 fully saturated rings. The highest BCUT2D eigenvalue weighted by molar-refractivity contribution is 9.10. The summed E-state index contributed by atoms with van der Waals surface area (Å²) in [7, 11) is -1.86. The summed E-state index contributed by atoms with van der Waals surface area (Å²) in [5, 5.41) is 0. The fourth-order valence-electron chi connectivity index (χ4n) is 1.86. The van der Waals surface area contributed by atoms with Crippen molar-refractivity contribution in [1.29, 1.82) is 0 Å². The van der Waals surface area contributed by atoms with Crippen molar-refractivity contribution in [2.75, 3.05) is 19.1 Å². The van der Waals surface area contributed by atoms with E-state index in [1.165, 1.54) is 4.31 Å². The van der Waals surface area contributed by atoms with E-state index >= 15 is 0 Å². The molecular formula is C13H19BrClNO2S2. The first kappa shape index (κ1) is 18.3. The number of nitrogens with zero attached hydrogens (tertiary/aromatic N) is 1. The van der Waals surface area contributed by atoms with E-state index in [9.17, 15) is 8.42 Å². The number of alkyl halides is 1. The average molecular weight is 401 g/mol. The summed E-state index contributed by atoms with van der Waals surface area (Å²) in [5.74, 6) is 1.14. The maximum atomic E-state index is 12.7. The van der Waals surface area contributed by atoms with Crippen LogP contribution in [0.3, 0.4) is 0 Å². The van der Waals surface area contributed by atoms with E-state index in [0.717, 1.165) is 17.7 Å². The van der Waals surface area contributed by atoms with Crippen molar-refractivity contribution in [3.63, 3.8) is 0 Å². The quantitative estimate of drug-likeness (QED) is 0.650. The molecule has 0 heterocycles. The average Bonchev–Trinajstić information content (AvgIpc) is 2.43. The van der Waals surface area contributed by atoms with Crippen LogP contribution in [0, 0.1) is 0 Å². The third-order valence-electron chi connectivity index (χ3n) is 3.15. The molecule has 0 aliphatic heterocycles. The van der Waals surface area contributed by atoms with Gasteiger partial charge in [-0.25, -0.2) is 8.42 Å². The van der Waals surface area contributed by atoms with E-state index < -0.39 is 10.0 Å². The number of rotatable bonds is 7. The zero-order valence-electron chi connectivity index (χ0n) is 11.8. The van der Waals surface area contributed by atoms with Crippen molar-refractivity contribution in [2.45, 2.75) is 30.2 Å². The zero-order valence-corrected chi connectivity index (χ0v) is 15.7. The maximum absolute atomic E-state index is 12.7. The predicted molar refractivity (Wildman–Crippen MR) is 91.1 cm³/mol. The number of thioether (sulfide) groups is 1. The van der Waals surface area contributed by atoms with Crippen molar-refractivity contribution in [2.24, 2.45) is 0 Å². The van der Waals surface area contributed by atoms with Gasteiger partial charge in [-0.05, 0) is 46.3 Å². The van der Waals surface area contributed by atoms with E-state index in [-0.39, 0.29) is 10.9 Å². The molecular weight excluding hydrogens is 382 g/mol. The lowest BCUT2D eigenvalue weighted by Crippen LogP contribution is -2.38. The second-order valence-electron chi connectivity index (χ2n) is 4.44. The molecule has 0 radical (unpaired) electrons. The summed E-state index contributed by atoms with van der Waals surface area (Å²) in [5.41, 5.74) is 0.885. The van der Waals surface area contributed by atoms with Crippen molar-refractivity contribution in [1.82, 2.24) is 4.31 Å². The van der Waals surface area contributed by atoms with Gasteiger partial charge in [0.05, 0.1) is 4.90 Å². The zero-order chi connectivity index (χ0) is 15.3. The minimum Gasteiger partial charge on any atom is -0.207 e. The first-order valence-corrected chi connectivity index (χ1v) is 10.4. The fraction of sp³-hybridized carbons (Fsp3) is 0.538. The summed E-state index contributed by atoms with van der Waals surface area (Å²) in [4.78, 5) is 0.286. The van der Waals surface area contributed by atoms with Gasteiger partial charge in [-0.15, -0.1) is 11.6 Å². The SMILES string of the molecule is CCC(CSC)N(C)S(=O)(=O)c1ccc(CCl)cc1Br. The van der Waals surface area contributed by atoms with E-state index in [1.54, 1.807) is 37.0 Å². The van der Waals surface area contributed by atoms with E-state index in [0.29, 0.717) is 10.4 Å². The van der Waals surface area contributed by atoms with Crippen LogP contribution in [0.5, 0.6) is 0 Å². The third-order valence-corrected chi connectivity index (χ3v) is 7.07. The lowest BCUT2D eigenvalue weighted by Gasteiger charge is -2.26. The van der Waals surface area contributed by atoms with Gasteiger partial charge in [0.25, 0.3) is 0 Å². The molecule has 0 saturated carbocycles. The second kappa shape index (κ2) is 8.03. The standard InChI is InChI=1S/C13H19BrClNO2S2/c1-4-11(9-19-3)16(2)20(17,18)13-6-5-10(8-15)7-12(13)14/h5-7,11H,4,8-9H2,1-3H3. The van der Waals surface area contributed by atoms with E-state index in [2.05, 4.69) is 15.9 Å². The minimum atomic E-state index is -3.50. The molecule has 114 valence electrons. The van der Waals surface area contributed by atoms with Crippen LogP contribution in [0.2, 0.25) is 0 Å². The lowest BCUT2D eigenvalue weighted by molar-refractivity contribution is 0.385. The van der Waals surface area contributed by atoms with Gasteiger partial charge in [-0.1, -0.05) is 13.0 Å². The second-order valence-corrected chi connectivity index (χ2v) is 8.44. The van der Waals surface area contributed by atoms with Gasteiger partial charge in [-0.3, -0.25) is 0 Å². The molecule has 0 aromatic heterocycles. The van der Waals surface area contributed by atoms with Crippen LogP contribution in [0.25, 0.3) is 0 Å². The molecule has 0 spiro atoms. The van der Waals surface area contributed by atoms with Crippen LogP contribution in [-0.2, 0) is 15.9 Å². The highest BCUT2D eigenvalue weighted by Gasteiger charge is 2.28. The third kappa shape index (κ3) is 4.13. The molecule has 20 heavy (non-hydrogen) atoms. The molecule has 1 unspecified atom stereocenters. The van der Waals surface area contributed by atoms with Crippen molar-refractivity contribution in [3.8, 4) is 0 Å². The molecule has 0 N–H and O–H groups in total. The molecule has 1 aromatic rings. The van der Waals surface area contributed by atoms with Crippen LogP contribution in [0.4, 0.5) is 0 Å². The van der Waals surface area contributed by atoms with E-state index in [4.69, 9.17) is 11.6 Å². The van der Waals surface area contributed by atoms with Gasteiger partial charge >= 0.3 is 0 Å². The molecule has 1 atom stereocenters. The molecule has 1 aromatic carbocycles.